The maximum atomic E-state index is 11.7. The molecule has 0 bridgehead atoms. The molecule has 3 atom stereocenters. The summed E-state index contributed by atoms with van der Waals surface area (Å²) in [6, 6.07) is -0.390. The summed E-state index contributed by atoms with van der Waals surface area (Å²) < 4.78 is 0. The summed E-state index contributed by atoms with van der Waals surface area (Å²) in [5.41, 5.74) is 5.81. The van der Waals surface area contributed by atoms with Crippen LogP contribution in [0.2, 0.25) is 0 Å². The van der Waals surface area contributed by atoms with Gasteiger partial charge in [0.15, 0.2) is 0 Å². The van der Waals surface area contributed by atoms with Crippen LogP contribution >= 0.6 is 0 Å². The largest absolute Gasteiger partial charge is 0.481 e. The van der Waals surface area contributed by atoms with Crippen molar-refractivity contribution in [3.63, 3.8) is 0 Å². The highest BCUT2D eigenvalue weighted by Crippen LogP contribution is 2.25. The van der Waals surface area contributed by atoms with Crippen LogP contribution in [0, 0.1) is 11.8 Å². The van der Waals surface area contributed by atoms with Crippen molar-refractivity contribution in [2.75, 3.05) is 0 Å². The first-order chi connectivity index (χ1) is 7.91. The number of aliphatic carboxylic acids is 1. The number of rotatable bonds is 5. The second kappa shape index (κ2) is 6.00. The lowest BCUT2D eigenvalue weighted by Crippen LogP contribution is -2.43. The predicted molar refractivity (Wildman–Crippen MR) is 64.3 cm³/mol. The Balaban J connectivity index is 2.43. The third-order valence-electron chi connectivity index (χ3n) is 3.46. The Labute approximate surface area is 102 Å². The molecule has 1 aliphatic rings. The van der Waals surface area contributed by atoms with Crippen molar-refractivity contribution in [1.29, 1.82) is 0 Å². The van der Waals surface area contributed by atoms with E-state index in [4.69, 9.17) is 10.8 Å². The summed E-state index contributed by atoms with van der Waals surface area (Å²) in [5.74, 6) is -1.14. The maximum Gasteiger partial charge on any atom is 0.308 e. The van der Waals surface area contributed by atoms with Gasteiger partial charge in [-0.15, -0.1) is 0 Å². The first-order valence-corrected chi connectivity index (χ1v) is 6.19. The normalized spacial score (nSPS) is 25.9. The van der Waals surface area contributed by atoms with Crippen LogP contribution in [0.25, 0.3) is 0 Å². The molecule has 1 fully saturated rings. The van der Waals surface area contributed by atoms with E-state index >= 15 is 0 Å². The van der Waals surface area contributed by atoms with E-state index in [1.54, 1.807) is 0 Å². The molecule has 5 heteroatoms. The predicted octanol–water partition coefficient (Wildman–Crippen LogP) is 0.729. The van der Waals surface area contributed by atoms with Crippen LogP contribution < -0.4 is 11.1 Å². The Morgan fingerprint density at radius 2 is 2.06 bits per heavy atom. The molecule has 1 amide bonds. The minimum atomic E-state index is -0.819. The summed E-state index contributed by atoms with van der Waals surface area (Å²) in [5, 5.41) is 11.8. The minimum absolute atomic E-state index is 0.135. The van der Waals surface area contributed by atoms with Crippen molar-refractivity contribution in [3.05, 3.63) is 0 Å². The highest BCUT2D eigenvalue weighted by Gasteiger charge is 2.33. The van der Waals surface area contributed by atoms with Gasteiger partial charge in [-0.05, 0) is 18.8 Å². The van der Waals surface area contributed by atoms with Crippen molar-refractivity contribution in [2.45, 2.75) is 51.6 Å². The Morgan fingerprint density at radius 1 is 1.41 bits per heavy atom. The zero-order valence-electron chi connectivity index (χ0n) is 10.5. The van der Waals surface area contributed by atoms with Crippen molar-refractivity contribution in [2.24, 2.45) is 17.6 Å². The molecule has 0 aromatic rings. The third kappa shape index (κ3) is 4.00. The number of hydrogen-bond acceptors (Lipinski definition) is 3. The minimum Gasteiger partial charge on any atom is -0.481 e. The van der Waals surface area contributed by atoms with Gasteiger partial charge in [-0.1, -0.05) is 20.3 Å². The van der Waals surface area contributed by atoms with Gasteiger partial charge >= 0.3 is 5.97 Å². The van der Waals surface area contributed by atoms with Gasteiger partial charge in [0.25, 0.3) is 0 Å². The van der Waals surface area contributed by atoms with Gasteiger partial charge in [-0.3, -0.25) is 9.59 Å². The summed E-state index contributed by atoms with van der Waals surface area (Å²) in [6.07, 6.45) is 2.52. The molecule has 3 unspecified atom stereocenters. The van der Waals surface area contributed by atoms with Crippen LogP contribution in [0.4, 0.5) is 0 Å². The van der Waals surface area contributed by atoms with Crippen molar-refractivity contribution in [3.8, 4) is 0 Å². The smallest absolute Gasteiger partial charge is 0.308 e. The van der Waals surface area contributed by atoms with Crippen LogP contribution in [0.5, 0.6) is 0 Å². The number of carboxylic acids is 1. The fraction of sp³-hybridized carbons (Fsp3) is 0.833. The summed E-state index contributed by atoms with van der Waals surface area (Å²) in [6.45, 7) is 3.93. The van der Waals surface area contributed by atoms with Crippen molar-refractivity contribution in [1.82, 2.24) is 5.32 Å². The summed E-state index contributed by atoms with van der Waals surface area (Å²) in [4.78, 5) is 22.6. The number of hydrogen-bond donors (Lipinski definition) is 3. The van der Waals surface area contributed by atoms with Crippen molar-refractivity contribution < 1.29 is 14.7 Å². The Bertz CT molecular complexity index is 291. The molecule has 1 saturated carbocycles. The molecule has 0 aliphatic heterocycles. The molecule has 5 nitrogen and oxygen atoms in total. The lowest BCUT2D eigenvalue weighted by molar-refractivity contribution is -0.142. The van der Waals surface area contributed by atoms with Gasteiger partial charge < -0.3 is 16.2 Å². The van der Waals surface area contributed by atoms with Gasteiger partial charge in [0, 0.05) is 18.5 Å². The fourth-order valence-corrected chi connectivity index (χ4v) is 2.14. The van der Waals surface area contributed by atoms with Crippen LogP contribution in [-0.2, 0) is 9.59 Å². The molecule has 0 aromatic carbocycles. The monoisotopic (exact) mass is 242 g/mol. The lowest BCUT2D eigenvalue weighted by atomic mass is 10.0. The van der Waals surface area contributed by atoms with Crippen molar-refractivity contribution >= 4 is 11.9 Å². The van der Waals surface area contributed by atoms with E-state index in [9.17, 15) is 9.59 Å². The number of amides is 1. The molecular formula is C12H22N2O3. The summed E-state index contributed by atoms with van der Waals surface area (Å²) in [7, 11) is 0. The van der Waals surface area contributed by atoms with E-state index in [1.165, 1.54) is 0 Å². The zero-order chi connectivity index (χ0) is 13.0. The first-order valence-electron chi connectivity index (χ1n) is 6.19. The molecule has 0 radical (unpaired) electrons. The Hall–Kier alpha value is -1.10. The highest BCUT2D eigenvalue weighted by atomic mass is 16.4. The molecule has 0 aromatic heterocycles. The van der Waals surface area contributed by atoms with Gasteiger partial charge in [-0.2, -0.15) is 0 Å². The Morgan fingerprint density at radius 3 is 2.59 bits per heavy atom. The number of nitrogens with two attached hydrogens (primary N) is 1. The molecule has 1 rings (SSSR count). The third-order valence-corrected chi connectivity index (χ3v) is 3.46. The number of carboxylic acid groups (broad SMARTS) is 1. The number of carbonyl (C=O) groups excluding carboxylic acids is 1. The highest BCUT2D eigenvalue weighted by molar-refractivity contribution is 5.78. The molecule has 0 heterocycles. The molecule has 1 aliphatic carbocycles. The topological polar surface area (TPSA) is 92.4 Å². The standard InChI is InChI=1S/C12H22N2O3/c1-7(2)9(13)6-11(15)14-10-5-3-4-8(10)12(16)17/h7-10H,3-6,13H2,1-2H3,(H,14,15)(H,16,17). The maximum absolute atomic E-state index is 11.7. The second-order valence-corrected chi connectivity index (χ2v) is 5.16. The van der Waals surface area contributed by atoms with E-state index in [2.05, 4.69) is 5.32 Å². The van der Waals surface area contributed by atoms with Gasteiger partial charge in [0.2, 0.25) is 5.91 Å². The molecule has 4 N–H and O–H groups in total. The number of carbonyl (C=O) groups is 2. The van der Waals surface area contributed by atoms with Crippen LogP contribution in [0.3, 0.4) is 0 Å². The molecule has 17 heavy (non-hydrogen) atoms. The van der Waals surface area contributed by atoms with Gasteiger partial charge in [0.05, 0.1) is 5.92 Å². The molecule has 0 saturated heterocycles. The zero-order valence-corrected chi connectivity index (χ0v) is 10.5. The second-order valence-electron chi connectivity index (χ2n) is 5.16. The molecule has 0 spiro atoms. The van der Waals surface area contributed by atoms with E-state index in [0.29, 0.717) is 6.42 Å². The Kier molecular flexibility index (Phi) is 4.93. The van der Waals surface area contributed by atoms with Crippen LogP contribution in [-0.4, -0.2) is 29.1 Å². The van der Waals surface area contributed by atoms with Crippen LogP contribution in [0.15, 0.2) is 0 Å². The lowest BCUT2D eigenvalue weighted by Gasteiger charge is -2.20. The van der Waals surface area contributed by atoms with E-state index < -0.39 is 11.9 Å². The van der Waals surface area contributed by atoms with E-state index in [1.807, 2.05) is 13.8 Å². The van der Waals surface area contributed by atoms with E-state index in [-0.39, 0.29) is 30.3 Å². The van der Waals surface area contributed by atoms with E-state index in [0.717, 1.165) is 12.8 Å². The molecule has 98 valence electrons. The SMILES string of the molecule is CC(C)C(N)CC(=O)NC1CCCC1C(=O)O. The quantitative estimate of drug-likeness (QED) is 0.662. The fourth-order valence-electron chi connectivity index (χ4n) is 2.14. The number of nitrogens with one attached hydrogen (secondary N) is 1. The first kappa shape index (κ1) is 14.0. The summed E-state index contributed by atoms with van der Waals surface area (Å²) >= 11 is 0. The van der Waals surface area contributed by atoms with Gasteiger partial charge in [-0.25, -0.2) is 0 Å². The molecular weight excluding hydrogens is 220 g/mol. The average Bonchev–Trinajstić information content (AvgIpc) is 2.65. The average molecular weight is 242 g/mol. The van der Waals surface area contributed by atoms with Gasteiger partial charge in [0.1, 0.15) is 0 Å². The van der Waals surface area contributed by atoms with Crippen LogP contribution in [0.1, 0.15) is 39.5 Å².